The van der Waals surface area contributed by atoms with Crippen LogP contribution in [0.4, 0.5) is 0 Å². The van der Waals surface area contributed by atoms with Crippen molar-refractivity contribution in [1.29, 1.82) is 0 Å². The summed E-state index contributed by atoms with van der Waals surface area (Å²) in [6.07, 6.45) is 3.12. The summed E-state index contributed by atoms with van der Waals surface area (Å²) in [6.45, 7) is 6.97. The molecule has 0 aromatic heterocycles. The molecule has 1 N–H and O–H groups in total. The number of hydrogen-bond acceptors (Lipinski definition) is 2. The quantitative estimate of drug-likeness (QED) is 0.431. The van der Waals surface area contributed by atoms with Gasteiger partial charge in [0.25, 0.3) is 0 Å². The molecule has 0 saturated carbocycles. The van der Waals surface area contributed by atoms with Gasteiger partial charge in [-0.3, -0.25) is 0 Å². The van der Waals surface area contributed by atoms with Gasteiger partial charge in [-0.1, -0.05) is 13.2 Å². The third kappa shape index (κ3) is 2.42. The highest BCUT2D eigenvalue weighted by Crippen LogP contribution is 1.82. The number of hydrogen-bond donors (Lipinski definition) is 1. The molecule has 1 unspecified atom stereocenters. The minimum Gasteiger partial charge on any atom is -0.364 e. The fourth-order valence-electron chi connectivity index (χ4n) is 0.348. The molecule has 0 aliphatic carbocycles. The van der Waals surface area contributed by atoms with Crippen molar-refractivity contribution in [2.45, 2.75) is 6.23 Å². The van der Waals surface area contributed by atoms with Gasteiger partial charge in [0, 0.05) is 7.11 Å². The molecule has 0 fully saturated rings. The van der Waals surface area contributed by atoms with E-state index in [1.165, 1.54) is 0 Å². The predicted octanol–water partition coefficient (Wildman–Crippen LogP) is 0.878. The first-order valence-electron chi connectivity index (χ1n) is 2.37. The molecule has 0 heterocycles. The zero-order valence-electron chi connectivity index (χ0n) is 5.05. The van der Waals surface area contributed by atoms with Gasteiger partial charge in [0.2, 0.25) is 0 Å². The van der Waals surface area contributed by atoms with Crippen LogP contribution in [-0.2, 0) is 4.74 Å². The van der Waals surface area contributed by atoms with Crippen molar-refractivity contribution in [3.63, 3.8) is 0 Å². The zero-order valence-corrected chi connectivity index (χ0v) is 5.05. The van der Waals surface area contributed by atoms with E-state index in [2.05, 4.69) is 18.5 Å². The Bertz CT molecular complexity index is 80.6. The van der Waals surface area contributed by atoms with E-state index in [1.54, 1.807) is 19.4 Å². The third-order valence-corrected chi connectivity index (χ3v) is 0.750. The standard InChI is InChI=1S/C6H11NO/c1-4-6(8-3)7-5-2/h4-7H,1-2H2,3H3. The van der Waals surface area contributed by atoms with Crippen molar-refractivity contribution in [2.24, 2.45) is 0 Å². The first kappa shape index (κ1) is 7.24. The van der Waals surface area contributed by atoms with Crippen LogP contribution in [-0.4, -0.2) is 13.3 Å². The fourth-order valence-corrected chi connectivity index (χ4v) is 0.348. The van der Waals surface area contributed by atoms with Crippen LogP contribution < -0.4 is 5.32 Å². The molecule has 0 radical (unpaired) electrons. The Morgan fingerprint density at radius 2 is 2.25 bits per heavy atom. The second-order valence-corrected chi connectivity index (χ2v) is 1.26. The van der Waals surface area contributed by atoms with Gasteiger partial charge >= 0.3 is 0 Å². The van der Waals surface area contributed by atoms with Crippen molar-refractivity contribution >= 4 is 0 Å². The van der Waals surface area contributed by atoms with Crippen molar-refractivity contribution in [3.8, 4) is 0 Å². The number of nitrogens with one attached hydrogen (secondary N) is 1. The summed E-state index contributed by atoms with van der Waals surface area (Å²) in [5.41, 5.74) is 0. The van der Waals surface area contributed by atoms with Crippen molar-refractivity contribution in [3.05, 3.63) is 25.4 Å². The van der Waals surface area contributed by atoms with Gasteiger partial charge in [-0.05, 0) is 12.3 Å². The molecular weight excluding hydrogens is 102 g/mol. The Hall–Kier alpha value is -0.760. The highest BCUT2D eigenvalue weighted by molar-refractivity contribution is 4.81. The largest absolute Gasteiger partial charge is 0.364 e. The van der Waals surface area contributed by atoms with E-state index in [9.17, 15) is 0 Å². The molecule has 0 amide bonds. The van der Waals surface area contributed by atoms with Gasteiger partial charge in [-0.25, -0.2) is 0 Å². The Morgan fingerprint density at radius 3 is 2.38 bits per heavy atom. The lowest BCUT2D eigenvalue weighted by molar-refractivity contribution is 0.125. The van der Waals surface area contributed by atoms with E-state index in [0.717, 1.165) is 0 Å². The molecule has 0 saturated heterocycles. The maximum atomic E-state index is 4.84. The summed E-state index contributed by atoms with van der Waals surface area (Å²) in [4.78, 5) is 0. The first-order valence-corrected chi connectivity index (χ1v) is 2.37. The van der Waals surface area contributed by atoms with Gasteiger partial charge in [0.15, 0.2) is 0 Å². The second-order valence-electron chi connectivity index (χ2n) is 1.26. The maximum Gasteiger partial charge on any atom is 0.145 e. The Labute approximate surface area is 49.8 Å². The molecular formula is C6H11NO. The van der Waals surface area contributed by atoms with Crippen LogP contribution in [0.15, 0.2) is 25.4 Å². The molecule has 46 valence electrons. The van der Waals surface area contributed by atoms with E-state index < -0.39 is 0 Å². The summed E-state index contributed by atoms with van der Waals surface area (Å²) in [5.74, 6) is 0. The fraction of sp³-hybridized carbons (Fsp3) is 0.333. The molecule has 2 heteroatoms. The Morgan fingerprint density at radius 1 is 1.62 bits per heavy atom. The van der Waals surface area contributed by atoms with Crippen LogP contribution in [0.2, 0.25) is 0 Å². The average molecular weight is 113 g/mol. The highest BCUT2D eigenvalue weighted by atomic mass is 16.5. The molecule has 0 rings (SSSR count). The molecule has 0 bridgehead atoms. The third-order valence-electron chi connectivity index (χ3n) is 0.750. The summed E-state index contributed by atoms with van der Waals surface area (Å²) in [7, 11) is 1.60. The predicted molar refractivity (Wildman–Crippen MR) is 34.3 cm³/mol. The molecule has 0 aromatic rings. The SMILES string of the molecule is C=CNC(C=C)OC. The summed E-state index contributed by atoms with van der Waals surface area (Å²) < 4.78 is 4.84. The monoisotopic (exact) mass is 113 g/mol. The van der Waals surface area contributed by atoms with Gasteiger partial charge in [0.05, 0.1) is 0 Å². The highest BCUT2D eigenvalue weighted by Gasteiger charge is 1.91. The summed E-state index contributed by atoms with van der Waals surface area (Å²) in [5, 5.41) is 2.81. The molecule has 0 aliphatic rings. The van der Waals surface area contributed by atoms with Crippen molar-refractivity contribution in [1.82, 2.24) is 5.32 Å². The number of ether oxygens (including phenoxy) is 1. The van der Waals surface area contributed by atoms with E-state index in [1.807, 2.05) is 0 Å². The second kappa shape index (κ2) is 4.40. The van der Waals surface area contributed by atoms with Gasteiger partial charge in [0.1, 0.15) is 6.23 Å². The van der Waals surface area contributed by atoms with Crippen LogP contribution in [0.1, 0.15) is 0 Å². The topological polar surface area (TPSA) is 21.3 Å². The number of rotatable bonds is 4. The molecule has 2 nitrogen and oxygen atoms in total. The van der Waals surface area contributed by atoms with E-state index in [4.69, 9.17) is 4.74 Å². The van der Waals surface area contributed by atoms with Crippen LogP contribution in [0.5, 0.6) is 0 Å². The normalized spacial score (nSPS) is 12.1. The van der Waals surface area contributed by atoms with Crippen LogP contribution >= 0.6 is 0 Å². The van der Waals surface area contributed by atoms with Gasteiger partial charge in [-0.2, -0.15) is 0 Å². The van der Waals surface area contributed by atoms with E-state index in [-0.39, 0.29) is 6.23 Å². The summed E-state index contributed by atoms with van der Waals surface area (Å²) >= 11 is 0. The molecule has 1 atom stereocenters. The van der Waals surface area contributed by atoms with Crippen molar-refractivity contribution < 1.29 is 4.74 Å². The first-order chi connectivity index (χ1) is 3.85. The van der Waals surface area contributed by atoms with Gasteiger partial charge in [-0.15, -0.1) is 0 Å². The zero-order chi connectivity index (χ0) is 6.41. The smallest absolute Gasteiger partial charge is 0.145 e. The maximum absolute atomic E-state index is 4.84. The van der Waals surface area contributed by atoms with Crippen molar-refractivity contribution in [2.75, 3.05) is 7.11 Å². The Kier molecular flexibility index (Phi) is 3.98. The molecule has 8 heavy (non-hydrogen) atoms. The van der Waals surface area contributed by atoms with Crippen LogP contribution in [0, 0.1) is 0 Å². The Balaban J connectivity index is 3.35. The molecule has 0 spiro atoms. The van der Waals surface area contributed by atoms with Crippen LogP contribution in [0.3, 0.4) is 0 Å². The average Bonchev–Trinajstić information content (AvgIpc) is 1.83. The number of methoxy groups -OCH3 is 1. The molecule has 0 aliphatic heterocycles. The van der Waals surface area contributed by atoms with E-state index >= 15 is 0 Å². The summed E-state index contributed by atoms with van der Waals surface area (Å²) in [6, 6.07) is 0. The minimum absolute atomic E-state index is 0.104. The lowest BCUT2D eigenvalue weighted by atomic mass is 10.5. The lowest BCUT2D eigenvalue weighted by Gasteiger charge is -2.08. The lowest BCUT2D eigenvalue weighted by Crippen LogP contribution is -2.22. The minimum atomic E-state index is -0.104. The van der Waals surface area contributed by atoms with Crippen LogP contribution in [0.25, 0.3) is 0 Å². The van der Waals surface area contributed by atoms with Gasteiger partial charge < -0.3 is 10.1 Å². The van der Waals surface area contributed by atoms with E-state index in [0.29, 0.717) is 0 Å². The molecule has 0 aromatic carbocycles.